The summed E-state index contributed by atoms with van der Waals surface area (Å²) in [6.07, 6.45) is 0.639. The Morgan fingerprint density at radius 2 is 1.63 bits per heavy atom. The molecule has 0 heterocycles. The van der Waals surface area contributed by atoms with Gasteiger partial charge in [-0.05, 0) is 24.3 Å². The van der Waals surface area contributed by atoms with Crippen LogP contribution in [0.2, 0.25) is 10.0 Å². The van der Waals surface area contributed by atoms with E-state index in [-0.39, 0.29) is 16.0 Å². The minimum Gasteiger partial charge on any atom is -0.319 e. The number of nitrogens with one attached hydrogen (secondary N) is 1. The molecule has 0 aliphatic carbocycles. The molecule has 0 aliphatic heterocycles. The Bertz CT molecular complexity index is 604. The summed E-state index contributed by atoms with van der Waals surface area (Å²) in [5, 5.41) is 3.07. The Morgan fingerprint density at radius 3 is 2.16 bits per heavy atom. The number of benzene rings is 2. The van der Waals surface area contributed by atoms with Crippen molar-refractivity contribution in [2.24, 2.45) is 0 Å². The fourth-order valence-corrected chi connectivity index (χ4v) is 2.15. The number of halogens is 2. The van der Waals surface area contributed by atoms with Crippen LogP contribution < -0.4 is 5.32 Å². The SMILES string of the molecule is O=Cc1cc(Cl)c(NC(=O)c2ccccc2)c(Cl)c1. The number of carbonyl (C=O) groups is 2. The molecule has 1 amide bonds. The summed E-state index contributed by atoms with van der Waals surface area (Å²) in [7, 11) is 0. The molecule has 0 saturated heterocycles. The van der Waals surface area contributed by atoms with E-state index in [0.717, 1.165) is 0 Å². The molecule has 0 saturated carbocycles. The molecule has 96 valence electrons. The van der Waals surface area contributed by atoms with E-state index in [9.17, 15) is 9.59 Å². The highest BCUT2D eigenvalue weighted by atomic mass is 35.5. The Labute approximate surface area is 120 Å². The first-order valence-electron chi connectivity index (χ1n) is 5.42. The van der Waals surface area contributed by atoms with E-state index in [1.807, 2.05) is 6.07 Å². The molecule has 0 spiro atoms. The van der Waals surface area contributed by atoms with Crippen LogP contribution in [-0.4, -0.2) is 12.2 Å². The second-order valence-electron chi connectivity index (χ2n) is 3.80. The lowest BCUT2D eigenvalue weighted by Gasteiger charge is -2.10. The smallest absolute Gasteiger partial charge is 0.255 e. The summed E-state index contributed by atoms with van der Waals surface area (Å²) in [5.74, 6) is -0.316. The maximum atomic E-state index is 12.0. The normalized spacial score (nSPS) is 10.0. The predicted octanol–water partition coefficient (Wildman–Crippen LogP) is 4.06. The third kappa shape index (κ3) is 3.13. The van der Waals surface area contributed by atoms with Gasteiger partial charge >= 0.3 is 0 Å². The van der Waals surface area contributed by atoms with Gasteiger partial charge in [-0.2, -0.15) is 0 Å². The minimum atomic E-state index is -0.316. The average molecular weight is 294 g/mol. The molecule has 0 aliphatic rings. The minimum absolute atomic E-state index is 0.221. The summed E-state index contributed by atoms with van der Waals surface area (Å²) in [5.41, 5.74) is 1.14. The van der Waals surface area contributed by atoms with E-state index >= 15 is 0 Å². The number of carbonyl (C=O) groups excluding carboxylic acids is 2. The van der Waals surface area contributed by atoms with E-state index in [2.05, 4.69) is 5.32 Å². The van der Waals surface area contributed by atoms with Gasteiger partial charge in [-0.1, -0.05) is 41.4 Å². The highest BCUT2D eigenvalue weighted by Gasteiger charge is 2.12. The van der Waals surface area contributed by atoms with Gasteiger partial charge in [0, 0.05) is 11.1 Å². The highest BCUT2D eigenvalue weighted by Crippen LogP contribution is 2.31. The predicted molar refractivity (Wildman–Crippen MR) is 76.2 cm³/mol. The van der Waals surface area contributed by atoms with Crippen LogP contribution in [0, 0.1) is 0 Å². The molecule has 2 aromatic rings. The largest absolute Gasteiger partial charge is 0.319 e. The maximum absolute atomic E-state index is 12.0. The van der Waals surface area contributed by atoms with Gasteiger partial charge in [0.15, 0.2) is 0 Å². The van der Waals surface area contributed by atoms with Crippen LogP contribution in [0.3, 0.4) is 0 Å². The molecule has 0 radical (unpaired) electrons. The van der Waals surface area contributed by atoms with E-state index < -0.39 is 0 Å². The first-order chi connectivity index (χ1) is 9.11. The van der Waals surface area contributed by atoms with Crippen LogP contribution in [0.25, 0.3) is 0 Å². The summed E-state index contributed by atoms with van der Waals surface area (Å²) in [6, 6.07) is 11.6. The molecule has 2 rings (SSSR count). The molecular formula is C14H9Cl2NO2. The third-order valence-electron chi connectivity index (χ3n) is 2.48. The van der Waals surface area contributed by atoms with Crippen molar-refractivity contribution in [3.8, 4) is 0 Å². The molecule has 2 aromatic carbocycles. The highest BCUT2D eigenvalue weighted by molar-refractivity contribution is 6.40. The van der Waals surface area contributed by atoms with Crippen LogP contribution in [-0.2, 0) is 0 Å². The van der Waals surface area contributed by atoms with Gasteiger partial charge in [-0.25, -0.2) is 0 Å². The van der Waals surface area contributed by atoms with Gasteiger partial charge in [0.1, 0.15) is 6.29 Å². The lowest BCUT2D eigenvalue weighted by atomic mass is 10.2. The van der Waals surface area contributed by atoms with Gasteiger partial charge in [-0.15, -0.1) is 0 Å². The zero-order chi connectivity index (χ0) is 13.8. The van der Waals surface area contributed by atoms with Crippen molar-refractivity contribution in [3.63, 3.8) is 0 Å². The van der Waals surface area contributed by atoms with Crippen LogP contribution >= 0.6 is 23.2 Å². The average Bonchev–Trinajstić information content (AvgIpc) is 2.43. The molecule has 0 atom stereocenters. The van der Waals surface area contributed by atoms with Gasteiger partial charge < -0.3 is 5.32 Å². The molecule has 5 heteroatoms. The van der Waals surface area contributed by atoms with Crippen LogP contribution in [0.1, 0.15) is 20.7 Å². The first kappa shape index (κ1) is 13.6. The fourth-order valence-electron chi connectivity index (χ4n) is 1.56. The van der Waals surface area contributed by atoms with Crippen molar-refractivity contribution in [3.05, 3.63) is 63.6 Å². The lowest BCUT2D eigenvalue weighted by Crippen LogP contribution is -2.12. The number of rotatable bonds is 3. The van der Waals surface area contributed by atoms with Gasteiger partial charge in [0.05, 0.1) is 15.7 Å². The van der Waals surface area contributed by atoms with Crippen molar-refractivity contribution in [1.29, 1.82) is 0 Å². The summed E-state index contributed by atoms with van der Waals surface area (Å²) in [4.78, 5) is 22.6. The van der Waals surface area contributed by atoms with Crippen LogP contribution in [0.4, 0.5) is 5.69 Å². The van der Waals surface area contributed by atoms with Gasteiger partial charge in [0.2, 0.25) is 0 Å². The van der Waals surface area contributed by atoms with Crippen molar-refractivity contribution in [1.82, 2.24) is 0 Å². The monoisotopic (exact) mass is 293 g/mol. The number of hydrogen-bond acceptors (Lipinski definition) is 2. The Morgan fingerprint density at radius 1 is 1.05 bits per heavy atom. The molecule has 0 fully saturated rings. The van der Waals surface area contributed by atoms with Crippen molar-refractivity contribution in [2.75, 3.05) is 5.32 Å². The molecule has 19 heavy (non-hydrogen) atoms. The molecule has 0 unspecified atom stereocenters. The van der Waals surface area contributed by atoms with Crippen LogP contribution in [0.5, 0.6) is 0 Å². The van der Waals surface area contributed by atoms with Crippen molar-refractivity contribution < 1.29 is 9.59 Å². The standard InChI is InChI=1S/C14H9Cl2NO2/c15-11-6-9(8-18)7-12(16)13(11)17-14(19)10-4-2-1-3-5-10/h1-8H,(H,17,19). The number of aldehydes is 1. The second kappa shape index (κ2) is 5.87. The summed E-state index contributed by atoms with van der Waals surface area (Å²) < 4.78 is 0. The summed E-state index contributed by atoms with van der Waals surface area (Å²) >= 11 is 12.0. The third-order valence-corrected chi connectivity index (χ3v) is 3.07. The summed E-state index contributed by atoms with van der Waals surface area (Å²) in [6.45, 7) is 0. The first-order valence-corrected chi connectivity index (χ1v) is 6.18. The Hall–Kier alpha value is -1.84. The van der Waals surface area contributed by atoms with Gasteiger partial charge in [-0.3, -0.25) is 9.59 Å². The lowest BCUT2D eigenvalue weighted by molar-refractivity contribution is 0.102. The number of amides is 1. The molecule has 1 N–H and O–H groups in total. The molecule has 0 bridgehead atoms. The molecule has 0 aromatic heterocycles. The van der Waals surface area contributed by atoms with E-state index in [0.29, 0.717) is 23.1 Å². The zero-order valence-corrected chi connectivity index (χ0v) is 11.2. The Kier molecular flexibility index (Phi) is 4.20. The van der Waals surface area contributed by atoms with Crippen molar-refractivity contribution >= 4 is 41.1 Å². The topological polar surface area (TPSA) is 46.2 Å². The Balaban J connectivity index is 2.29. The van der Waals surface area contributed by atoms with Crippen molar-refractivity contribution in [2.45, 2.75) is 0 Å². The van der Waals surface area contributed by atoms with E-state index in [4.69, 9.17) is 23.2 Å². The zero-order valence-electron chi connectivity index (χ0n) is 9.69. The molecule has 3 nitrogen and oxygen atoms in total. The van der Waals surface area contributed by atoms with E-state index in [1.165, 1.54) is 12.1 Å². The van der Waals surface area contributed by atoms with Gasteiger partial charge in [0.25, 0.3) is 5.91 Å². The second-order valence-corrected chi connectivity index (χ2v) is 4.61. The number of hydrogen-bond donors (Lipinski definition) is 1. The maximum Gasteiger partial charge on any atom is 0.255 e. The molecular weight excluding hydrogens is 285 g/mol. The fraction of sp³-hybridized carbons (Fsp3) is 0. The number of anilines is 1. The van der Waals surface area contributed by atoms with Crippen LogP contribution in [0.15, 0.2) is 42.5 Å². The quantitative estimate of drug-likeness (QED) is 0.868. The van der Waals surface area contributed by atoms with E-state index in [1.54, 1.807) is 24.3 Å².